The number of rotatable bonds is 8. The molecule has 0 amide bonds. The van der Waals surface area contributed by atoms with Crippen LogP contribution in [-0.2, 0) is 5.79 Å². The zero-order valence-electron chi connectivity index (χ0n) is 15.7. The summed E-state index contributed by atoms with van der Waals surface area (Å²) >= 11 is 0. The van der Waals surface area contributed by atoms with Crippen molar-refractivity contribution < 1.29 is 10.2 Å². The number of benzene rings is 2. The predicted molar refractivity (Wildman–Crippen MR) is 105 cm³/mol. The molecular weight excluding hydrogens is 312 g/mol. The van der Waals surface area contributed by atoms with Crippen LogP contribution in [0, 0.1) is 0 Å². The molecule has 2 rings (SSSR count). The quantitative estimate of drug-likeness (QED) is 0.720. The molecule has 0 heterocycles. The van der Waals surface area contributed by atoms with Crippen LogP contribution in [0.15, 0.2) is 48.5 Å². The van der Waals surface area contributed by atoms with E-state index in [1.807, 2.05) is 24.3 Å². The van der Waals surface area contributed by atoms with E-state index >= 15 is 0 Å². The van der Waals surface area contributed by atoms with Crippen LogP contribution in [0.1, 0.15) is 38.8 Å². The van der Waals surface area contributed by atoms with Crippen LogP contribution in [0.2, 0.25) is 0 Å². The molecule has 0 atom stereocenters. The Morgan fingerprint density at radius 1 is 0.600 bits per heavy atom. The van der Waals surface area contributed by atoms with Gasteiger partial charge in [-0.2, -0.15) is 0 Å². The molecule has 25 heavy (non-hydrogen) atoms. The van der Waals surface area contributed by atoms with Gasteiger partial charge in [0.15, 0.2) is 0 Å². The van der Waals surface area contributed by atoms with Gasteiger partial charge in [0.05, 0.1) is 0 Å². The van der Waals surface area contributed by atoms with Crippen LogP contribution in [0.5, 0.6) is 0 Å². The van der Waals surface area contributed by atoms with Crippen molar-refractivity contribution in [1.82, 2.24) is 0 Å². The number of hydrogen-bond donors (Lipinski definition) is 2. The van der Waals surface area contributed by atoms with Gasteiger partial charge in [-0.25, -0.2) is 0 Å². The fraction of sp³-hybridized carbons (Fsp3) is 0.429. The summed E-state index contributed by atoms with van der Waals surface area (Å²) in [7, 11) is 0. The van der Waals surface area contributed by atoms with Crippen molar-refractivity contribution in [2.75, 3.05) is 36.0 Å². The average molecular weight is 342 g/mol. The number of nitrogens with zero attached hydrogens (tertiary/aromatic N) is 2. The molecule has 0 aromatic heterocycles. The molecule has 4 nitrogen and oxygen atoms in total. The molecular formula is C21H30N2O2. The van der Waals surface area contributed by atoms with Crippen LogP contribution in [0.3, 0.4) is 0 Å². The minimum atomic E-state index is -2.00. The molecule has 0 aliphatic carbocycles. The monoisotopic (exact) mass is 342 g/mol. The van der Waals surface area contributed by atoms with Crippen LogP contribution in [0.25, 0.3) is 0 Å². The molecule has 0 spiro atoms. The average Bonchev–Trinajstić information content (AvgIpc) is 2.65. The molecule has 0 saturated heterocycles. The van der Waals surface area contributed by atoms with E-state index in [9.17, 15) is 10.2 Å². The molecule has 0 unspecified atom stereocenters. The lowest BCUT2D eigenvalue weighted by atomic mass is 9.97. The fourth-order valence-corrected chi connectivity index (χ4v) is 3.15. The largest absolute Gasteiger partial charge is 0.372 e. The summed E-state index contributed by atoms with van der Waals surface area (Å²) in [6.45, 7) is 12.1. The van der Waals surface area contributed by atoms with Gasteiger partial charge in [-0.05, 0) is 52.0 Å². The maximum absolute atomic E-state index is 10.7. The van der Waals surface area contributed by atoms with Crippen LogP contribution in [-0.4, -0.2) is 36.4 Å². The van der Waals surface area contributed by atoms with E-state index in [-0.39, 0.29) is 0 Å². The molecule has 0 fully saturated rings. The summed E-state index contributed by atoms with van der Waals surface area (Å²) in [6.07, 6.45) is 0. The first-order valence-electron chi connectivity index (χ1n) is 9.13. The maximum Gasteiger partial charge on any atom is 0.217 e. The van der Waals surface area contributed by atoms with Gasteiger partial charge in [-0.1, -0.05) is 24.3 Å². The number of hydrogen-bond acceptors (Lipinski definition) is 4. The Bertz CT molecular complexity index is 585. The molecule has 2 aromatic rings. The second-order valence-electron chi connectivity index (χ2n) is 6.11. The topological polar surface area (TPSA) is 46.9 Å². The van der Waals surface area contributed by atoms with E-state index < -0.39 is 5.79 Å². The van der Waals surface area contributed by atoms with E-state index in [4.69, 9.17) is 0 Å². The maximum atomic E-state index is 10.7. The molecule has 0 aliphatic rings. The normalized spacial score (nSPS) is 11.4. The van der Waals surface area contributed by atoms with Crippen LogP contribution < -0.4 is 9.80 Å². The highest BCUT2D eigenvalue weighted by molar-refractivity contribution is 5.51. The Hall–Kier alpha value is -2.04. The number of anilines is 2. The van der Waals surface area contributed by atoms with Crippen LogP contribution >= 0.6 is 0 Å². The van der Waals surface area contributed by atoms with Crippen molar-refractivity contribution in [2.24, 2.45) is 0 Å². The minimum absolute atomic E-state index is 0.471. The van der Waals surface area contributed by atoms with Crippen molar-refractivity contribution >= 4 is 11.4 Å². The highest BCUT2D eigenvalue weighted by Gasteiger charge is 2.28. The third kappa shape index (κ3) is 4.14. The van der Waals surface area contributed by atoms with E-state index in [0.29, 0.717) is 11.1 Å². The van der Waals surface area contributed by atoms with Crippen molar-refractivity contribution in [1.29, 1.82) is 0 Å². The standard InChI is InChI=1S/C21H30N2O2/c1-5-22(6-2)19-13-9-17(10-14-19)21(24,25)18-11-15-20(16-12-18)23(7-3)8-4/h9-16,24-25H,5-8H2,1-4H3. The molecule has 0 bridgehead atoms. The Balaban J connectivity index is 2.25. The lowest BCUT2D eigenvalue weighted by Crippen LogP contribution is -2.27. The van der Waals surface area contributed by atoms with E-state index in [0.717, 1.165) is 37.6 Å². The van der Waals surface area contributed by atoms with Gasteiger partial charge in [0, 0.05) is 48.7 Å². The minimum Gasteiger partial charge on any atom is -0.372 e. The van der Waals surface area contributed by atoms with Gasteiger partial charge in [-0.15, -0.1) is 0 Å². The molecule has 2 aromatic carbocycles. The van der Waals surface area contributed by atoms with Crippen LogP contribution in [0.4, 0.5) is 11.4 Å². The van der Waals surface area contributed by atoms with E-state index in [1.165, 1.54) is 0 Å². The first-order chi connectivity index (χ1) is 12.0. The highest BCUT2D eigenvalue weighted by atomic mass is 16.5. The van der Waals surface area contributed by atoms with Gasteiger partial charge >= 0.3 is 0 Å². The number of aliphatic hydroxyl groups is 2. The Kier molecular flexibility index (Phi) is 6.45. The SMILES string of the molecule is CCN(CC)c1ccc(C(O)(O)c2ccc(N(CC)CC)cc2)cc1. The zero-order valence-corrected chi connectivity index (χ0v) is 15.7. The summed E-state index contributed by atoms with van der Waals surface area (Å²) in [5.41, 5.74) is 3.11. The Morgan fingerprint density at radius 3 is 1.12 bits per heavy atom. The van der Waals surface area contributed by atoms with Gasteiger partial charge in [0.25, 0.3) is 0 Å². The Morgan fingerprint density at radius 2 is 0.880 bits per heavy atom. The smallest absolute Gasteiger partial charge is 0.217 e. The summed E-state index contributed by atoms with van der Waals surface area (Å²) in [6, 6.07) is 14.9. The van der Waals surface area contributed by atoms with Gasteiger partial charge in [0.1, 0.15) is 0 Å². The second kappa shape index (κ2) is 8.37. The molecule has 2 N–H and O–H groups in total. The predicted octanol–water partition coefficient (Wildman–Crippen LogP) is 3.56. The summed E-state index contributed by atoms with van der Waals surface area (Å²) in [4.78, 5) is 4.44. The van der Waals surface area contributed by atoms with Crippen molar-refractivity contribution in [3.8, 4) is 0 Å². The van der Waals surface area contributed by atoms with Crippen molar-refractivity contribution in [3.63, 3.8) is 0 Å². The lowest BCUT2D eigenvalue weighted by molar-refractivity contribution is -0.132. The first kappa shape index (κ1) is 19.3. The summed E-state index contributed by atoms with van der Waals surface area (Å²) in [5.74, 6) is -2.00. The van der Waals surface area contributed by atoms with Crippen molar-refractivity contribution in [3.05, 3.63) is 59.7 Å². The van der Waals surface area contributed by atoms with E-state index in [1.54, 1.807) is 24.3 Å². The Labute approximate surface area is 151 Å². The molecule has 136 valence electrons. The molecule has 0 aliphatic heterocycles. The fourth-order valence-electron chi connectivity index (χ4n) is 3.15. The van der Waals surface area contributed by atoms with E-state index in [2.05, 4.69) is 37.5 Å². The molecule has 0 saturated carbocycles. The summed E-state index contributed by atoms with van der Waals surface area (Å²) < 4.78 is 0. The molecule has 0 radical (unpaired) electrons. The second-order valence-corrected chi connectivity index (χ2v) is 6.11. The van der Waals surface area contributed by atoms with Gasteiger partial charge in [0.2, 0.25) is 5.79 Å². The molecule has 4 heteroatoms. The highest BCUT2D eigenvalue weighted by Crippen LogP contribution is 2.30. The first-order valence-corrected chi connectivity index (χ1v) is 9.13. The third-order valence-electron chi connectivity index (χ3n) is 4.80. The van der Waals surface area contributed by atoms with Gasteiger partial charge in [-0.3, -0.25) is 0 Å². The summed E-state index contributed by atoms with van der Waals surface area (Å²) in [5, 5.41) is 21.3. The van der Waals surface area contributed by atoms with Gasteiger partial charge < -0.3 is 20.0 Å². The lowest BCUT2D eigenvalue weighted by Gasteiger charge is -2.26. The third-order valence-corrected chi connectivity index (χ3v) is 4.80. The van der Waals surface area contributed by atoms with Crippen molar-refractivity contribution in [2.45, 2.75) is 33.5 Å². The zero-order chi connectivity index (χ0) is 18.4.